The average Bonchev–Trinajstić information content (AvgIpc) is 2.89. The van der Waals surface area contributed by atoms with Gasteiger partial charge in [0.2, 0.25) is 5.95 Å². The highest BCUT2D eigenvalue weighted by atomic mass is 16.4. The third-order valence-corrected chi connectivity index (χ3v) is 3.82. The number of carboxylic acids is 1. The maximum absolute atomic E-state index is 12.2. The molecule has 0 atom stereocenters. The van der Waals surface area contributed by atoms with E-state index in [0.29, 0.717) is 0 Å². The zero-order chi connectivity index (χ0) is 18.1. The maximum Gasteiger partial charge on any atom is 0.329 e. The minimum atomic E-state index is -1.25. The minimum absolute atomic E-state index is 0.0196. The number of rotatable bonds is 5. The summed E-state index contributed by atoms with van der Waals surface area (Å²) in [6.07, 6.45) is -0.295. The van der Waals surface area contributed by atoms with Crippen LogP contribution in [-0.4, -0.2) is 25.1 Å². The predicted octanol–water partition coefficient (Wildman–Crippen LogP) is -0.385. The van der Waals surface area contributed by atoms with Crippen LogP contribution in [-0.2, 0) is 18.4 Å². The minimum Gasteiger partial charge on any atom is -0.550 e. The van der Waals surface area contributed by atoms with Gasteiger partial charge in [-0.2, -0.15) is 4.98 Å². The number of fused-ring (bicyclic) bond motifs is 1. The Labute approximate surface area is 141 Å². The Hall–Kier alpha value is -3.36. The Kier molecular flexibility index (Phi) is 4.14. The first-order valence-electron chi connectivity index (χ1n) is 7.60. The Morgan fingerprint density at radius 2 is 2.12 bits per heavy atom. The van der Waals surface area contributed by atoms with Crippen LogP contribution in [0.25, 0.3) is 11.2 Å². The second-order valence-corrected chi connectivity index (χ2v) is 5.69. The zero-order valence-corrected chi connectivity index (χ0v) is 13.7. The molecular weight excluding hydrogens is 326 g/mol. The van der Waals surface area contributed by atoms with E-state index in [1.54, 1.807) is 0 Å². The number of hydrogen-bond acceptors (Lipinski definition) is 6. The highest BCUT2D eigenvalue weighted by Crippen LogP contribution is 2.21. The molecule has 0 amide bonds. The fourth-order valence-corrected chi connectivity index (χ4v) is 2.60. The second-order valence-electron chi connectivity index (χ2n) is 5.69. The number of H-pyrrole nitrogens is 1. The number of aliphatic carboxylic acids is 1. The number of carbonyl (C=O) groups excluding carboxylic acids is 1. The Bertz CT molecular complexity index is 1080. The molecule has 0 radical (unpaired) electrons. The van der Waals surface area contributed by atoms with Crippen LogP contribution in [0, 0.1) is 6.92 Å². The fourth-order valence-electron chi connectivity index (χ4n) is 2.60. The lowest BCUT2D eigenvalue weighted by Crippen LogP contribution is -2.30. The lowest BCUT2D eigenvalue weighted by atomic mass is 10.2. The van der Waals surface area contributed by atoms with E-state index in [-0.39, 0.29) is 30.1 Å². The molecule has 0 aliphatic carbocycles. The molecule has 0 fully saturated rings. The van der Waals surface area contributed by atoms with Gasteiger partial charge in [-0.05, 0) is 24.6 Å². The van der Waals surface area contributed by atoms with E-state index in [1.807, 2.05) is 31.2 Å². The maximum atomic E-state index is 12.2. The number of benzene rings is 1. The van der Waals surface area contributed by atoms with E-state index in [9.17, 15) is 19.5 Å². The number of nitrogens with one attached hydrogen (secondary N) is 2. The summed E-state index contributed by atoms with van der Waals surface area (Å²) >= 11 is 0. The largest absolute Gasteiger partial charge is 0.550 e. The third-order valence-electron chi connectivity index (χ3n) is 3.82. The molecule has 9 heteroatoms. The monoisotopic (exact) mass is 342 g/mol. The molecule has 0 spiro atoms. The van der Waals surface area contributed by atoms with Crippen molar-refractivity contribution in [3.63, 3.8) is 0 Å². The quantitative estimate of drug-likeness (QED) is 0.651. The van der Waals surface area contributed by atoms with Gasteiger partial charge in [-0.15, -0.1) is 0 Å². The Morgan fingerprint density at radius 3 is 2.80 bits per heavy atom. The third kappa shape index (κ3) is 3.16. The number of carboxylic acid groups (broad SMARTS) is 1. The van der Waals surface area contributed by atoms with Crippen LogP contribution >= 0.6 is 0 Å². The molecular formula is C16H16N5O4-. The van der Waals surface area contributed by atoms with Crippen LogP contribution in [0.3, 0.4) is 0 Å². The molecule has 130 valence electrons. The number of aryl methyl sites for hydroxylation is 3. The van der Waals surface area contributed by atoms with Crippen molar-refractivity contribution in [3.05, 3.63) is 50.7 Å². The van der Waals surface area contributed by atoms with Gasteiger partial charge in [-0.25, -0.2) is 4.79 Å². The smallest absolute Gasteiger partial charge is 0.329 e. The molecule has 0 unspecified atom stereocenters. The number of aromatic amines is 1. The van der Waals surface area contributed by atoms with Crippen molar-refractivity contribution in [2.24, 2.45) is 7.05 Å². The van der Waals surface area contributed by atoms with Crippen molar-refractivity contribution in [3.8, 4) is 0 Å². The van der Waals surface area contributed by atoms with Crippen molar-refractivity contribution in [2.45, 2.75) is 19.9 Å². The zero-order valence-electron chi connectivity index (χ0n) is 13.7. The lowest BCUT2D eigenvalue weighted by Gasteiger charge is -2.11. The summed E-state index contributed by atoms with van der Waals surface area (Å²) < 4.78 is 2.64. The van der Waals surface area contributed by atoms with Crippen molar-refractivity contribution < 1.29 is 9.90 Å². The predicted molar refractivity (Wildman–Crippen MR) is 89.7 cm³/mol. The highest BCUT2D eigenvalue weighted by Gasteiger charge is 2.17. The summed E-state index contributed by atoms with van der Waals surface area (Å²) in [5, 5.41) is 13.9. The lowest BCUT2D eigenvalue weighted by molar-refractivity contribution is -0.305. The van der Waals surface area contributed by atoms with Crippen LogP contribution in [0.5, 0.6) is 0 Å². The van der Waals surface area contributed by atoms with Crippen molar-refractivity contribution in [2.75, 3.05) is 5.32 Å². The summed E-state index contributed by atoms with van der Waals surface area (Å²) in [5.41, 5.74) is 0.824. The topological polar surface area (TPSA) is 125 Å². The summed E-state index contributed by atoms with van der Waals surface area (Å²) in [7, 11) is 1.48. The van der Waals surface area contributed by atoms with Gasteiger partial charge >= 0.3 is 5.69 Å². The van der Waals surface area contributed by atoms with Gasteiger partial charge in [-0.1, -0.05) is 12.1 Å². The first kappa shape index (κ1) is 16.5. The molecule has 0 aliphatic heterocycles. The molecule has 0 saturated heterocycles. The molecule has 0 saturated carbocycles. The van der Waals surface area contributed by atoms with E-state index in [1.165, 1.54) is 16.2 Å². The van der Waals surface area contributed by atoms with Crippen LogP contribution in [0.4, 0.5) is 11.6 Å². The van der Waals surface area contributed by atoms with Gasteiger partial charge < -0.3 is 19.8 Å². The average molecular weight is 342 g/mol. The Balaban J connectivity index is 2.18. The Morgan fingerprint density at radius 1 is 1.36 bits per heavy atom. The van der Waals surface area contributed by atoms with Crippen molar-refractivity contribution in [1.82, 2.24) is 19.1 Å². The highest BCUT2D eigenvalue weighted by molar-refractivity contribution is 5.76. The van der Waals surface area contributed by atoms with Gasteiger partial charge in [0, 0.05) is 31.7 Å². The first-order valence-corrected chi connectivity index (χ1v) is 7.60. The molecule has 2 heterocycles. The van der Waals surface area contributed by atoms with Gasteiger partial charge in [0.15, 0.2) is 11.2 Å². The summed E-state index contributed by atoms with van der Waals surface area (Å²) in [5.74, 6) is -0.974. The van der Waals surface area contributed by atoms with E-state index in [2.05, 4.69) is 15.3 Å². The number of nitrogens with zero attached hydrogens (tertiary/aromatic N) is 3. The molecule has 0 bridgehead atoms. The van der Waals surface area contributed by atoms with Gasteiger partial charge in [0.05, 0.1) is 0 Å². The molecule has 3 aromatic rings. The fraction of sp³-hybridized carbons (Fsp3) is 0.250. The second kappa shape index (κ2) is 6.27. The normalized spacial score (nSPS) is 11.0. The molecule has 3 rings (SSSR count). The summed E-state index contributed by atoms with van der Waals surface area (Å²) in [6.45, 7) is 1.91. The van der Waals surface area contributed by atoms with Crippen molar-refractivity contribution >= 4 is 28.8 Å². The number of anilines is 2. The summed E-state index contributed by atoms with van der Waals surface area (Å²) in [4.78, 5) is 41.4. The standard InChI is InChI=1S/C16H17N5O4/c1-9-4-3-5-10(8-9)17-15-18-13-12(21(15)7-6-11(22)23)14(24)19-16(25)20(13)2/h3-5,8H,6-7H2,1-2H3,(H,17,18)(H,22,23)(H,19,24,25)/p-1. The van der Waals surface area contributed by atoms with Crippen LogP contribution in [0.15, 0.2) is 33.9 Å². The molecule has 9 nitrogen and oxygen atoms in total. The number of imidazole rings is 1. The molecule has 1 aromatic carbocycles. The molecule has 0 aliphatic rings. The van der Waals surface area contributed by atoms with Crippen molar-refractivity contribution in [1.29, 1.82) is 0 Å². The van der Waals surface area contributed by atoms with Gasteiger partial charge in [0.1, 0.15) is 0 Å². The molecule has 2 aromatic heterocycles. The van der Waals surface area contributed by atoms with E-state index in [4.69, 9.17) is 0 Å². The SMILES string of the molecule is Cc1cccc(Nc2nc3c(c(=O)[nH]c(=O)n3C)n2CCC(=O)[O-])c1. The van der Waals surface area contributed by atoms with E-state index < -0.39 is 17.2 Å². The molecule has 2 N–H and O–H groups in total. The molecule has 25 heavy (non-hydrogen) atoms. The van der Waals surface area contributed by atoms with E-state index in [0.717, 1.165) is 11.3 Å². The summed E-state index contributed by atoms with van der Waals surface area (Å²) in [6, 6.07) is 7.48. The number of carbonyl (C=O) groups is 1. The first-order chi connectivity index (χ1) is 11.9. The van der Waals surface area contributed by atoms with E-state index >= 15 is 0 Å². The van der Waals surface area contributed by atoms with Crippen LogP contribution < -0.4 is 21.7 Å². The number of hydrogen-bond donors (Lipinski definition) is 2. The van der Waals surface area contributed by atoms with Gasteiger partial charge in [-0.3, -0.25) is 14.3 Å². The van der Waals surface area contributed by atoms with Crippen LogP contribution in [0.1, 0.15) is 12.0 Å². The number of aromatic nitrogens is 4. The van der Waals surface area contributed by atoms with Crippen LogP contribution in [0.2, 0.25) is 0 Å². The van der Waals surface area contributed by atoms with Gasteiger partial charge in [0.25, 0.3) is 5.56 Å².